The minimum absolute atomic E-state index is 0.425. The van der Waals surface area contributed by atoms with Crippen LogP contribution >= 0.6 is 0 Å². The number of para-hydroxylation sites is 2. The number of aryl methyl sites for hydroxylation is 2. The minimum atomic E-state index is 0.425. The van der Waals surface area contributed by atoms with Gasteiger partial charge in [-0.1, -0.05) is 17.3 Å². The highest BCUT2D eigenvalue weighted by Gasteiger charge is 2.02. The van der Waals surface area contributed by atoms with Crippen molar-refractivity contribution < 1.29 is 0 Å². The summed E-state index contributed by atoms with van der Waals surface area (Å²) in [4.78, 5) is 4.35. The number of nitrogens with zero attached hydrogens (tertiary/aromatic N) is 5. The summed E-state index contributed by atoms with van der Waals surface area (Å²) >= 11 is 0. The molecule has 0 amide bonds. The number of aromatic nitrogens is 5. The Morgan fingerprint density at radius 2 is 2.06 bits per heavy atom. The molecule has 0 atom stereocenters. The van der Waals surface area contributed by atoms with Gasteiger partial charge in [0, 0.05) is 19.3 Å². The highest BCUT2D eigenvalue weighted by atomic mass is 15.4. The molecule has 1 aromatic carbocycles. The van der Waals surface area contributed by atoms with Crippen LogP contribution in [0.4, 0.5) is 0 Å². The Bertz CT molecular complexity index is 653. The quantitative estimate of drug-likeness (QED) is 0.734. The molecule has 0 aliphatic rings. The molecule has 0 radical (unpaired) electrons. The first kappa shape index (κ1) is 10.9. The maximum absolute atomic E-state index is 5.50. The Hall–Kier alpha value is -2.21. The van der Waals surface area contributed by atoms with Crippen LogP contribution in [-0.4, -0.2) is 24.5 Å². The Labute approximate surface area is 104 Å². The zero-order valence-electron chi connectivity index (χ0n) is 9.90. The highest BCUT2D eigenvalue weighted by Crippen LogP contribution is 2.11. The largest absolute Gasteiger partial charge is 0.329 e. The number of fused-ring (bicyclic) bond motifs is 1. The fourth-order valence-electron chi connectivity index (χ4n) is 1.94. The van der Waals surface area contributed by atoms with E-state index in [4.69, 9.17) is 5.73 Å². The van der Waals surface area contributed by atoms with Gasteiger partial charge in [0.1, 0.15) is 0 Å². The van der Waals surface area contributed by atoms with Gasteiger partial charge in [-0.15, -0.1) is 5.10 Å². The molecule has 0 unspecified atom stereocenters. The first-order chi connectivity index (χ1) is 8.86. The number of hydrogen-bond donors (Lipinski definition) is 1. The van der Waals surface area contributed by atoms with Crippen molar-refractivity contribution in [3.8, 4) is 0 Å². The molecule has 92 valence electrons. The van der Waals surface area contributed by atoms with Crippen LogP contribution in [0.15, 0.2) is 36.8 Å². The summed E-state index contributed by atoms with van der Waals surface area (Å²) < 4.78 is 3.91. The number of hydrogen-bond acceptors (Lipinski definition) is 4. The van der Waals surface area contributed by atoms with E-state index in [1.54, 1.807) is 4.68 Å². The van der Waals surface area contributed by atoms with E-state index in [1.165, 1.54) is 0 Å². The predicted molar refractivity (Wildman–Crippen MR) is 67.6 cm³/mol. The van der Waals surface area contributed by atoms with Gasteiger partial charge in [0.05, 0.1) is 29.6 Å². The second-order valence-electron chi connectivity index (χ2n) is 4.10. The van der Waals surface area contributed by atoms with Crippen molar-refractivity contribution in [1.82, 2.24) is 24.5 Å². The van der Waals surface area contributed by atoms with E-state index in [-0.39, 0.29) is 0 Å². The van der Waals surface area contributed by atoms with Gasteiger partial charge in [0.2, 0.25) is 0 Å². The molecule has 2 N–H and O–H groups in total. The molecule has 2 aromatic heterocycles. The lowest BCUT2D eigenvalue weighted by Crippen LogP contribution is -2.07. The summed E-state index contributed by atoms with van der Waals surface area (Å²) in [6.45, 7) is 2.00. The Morgan fingerprint density at radius 3 is 2.89 bits per heavy atom. The Balaban J connectivity index is 1.76. The van der Waals surface area contributed by atoms with Gasteiger partial charge in [0.15, 0.2) is 0 Å². The average Bonchev–Trinajstić information content (AvgIpc) is 3.03. The number of rotatable bonds is 4. The summed E-state index contributed by atoms with van der Waals surface area (Å²) in [6, 6.07) is 8.08. The third kappa shape index (κ3) is 1.98. The predicted octanol–water partition coefficient (Wildman–Crippen LogP) is 0.787. The molecule has 0 saturated heterocycles. The highest BCUT2D eigenvalue weighted by molar-refractivity contribution is 5.74. The molecule has 0 bridgehead atoms. The third-order valence-electron chi connectivity index (χ3n) is 2.89. The fraction of sp³-hybridized carbons (Fsp3) is 0.250. The maximum Gasteiger partial charge on any atom is 0.0962 e. The molecule has 0 spiro atoms. The van der Waals surface area contributed by atoms with E-state index in [0.717, 1.165) is 29.8 Å². The van der Waals surface area contributed by atoms with E-state index in [1.807, 2.05) is 30.7 Å². The van der Waals surface area contributed by atoms with Crippen molar-refractivity contribution in [2.45, 2.75) is 19.6 Å². The van der Waals surface area contributed by atoms with Crippen molar-refractivity contribution in [3.05, 3.63) is 42.5 Å². The van der Waals surface area contributed by atoms with Gasteiger partial charge in [0.25, 0.3) is 0 Å². The molecule has 6 nitrogen and oxygen atoms in total. The zero-order valence-corrected chi connectivity index (χ0v) is 9.90. The van der Waals surface area contributed by atoms with Crippen LogP contribution in [0.3, 0.4) is 0 Å². The van der Waals surface area contributed by atoms with Crippen LogP contribution in [0.25, 0.3) is 11.0 Å². The van der Waals surface area contributed by atoms with E-state index >= 15 is 0 Å². The standard InChI is InChI=1S/C12H14N6/c13-7-10-8-18(16-15-10)6-5-17-9-14-11-3-1-2-4-12(11)17/h1-4,8-9H,5-7,13H2. The van der Waals surface area contributed by atoms with Crippen LogP contribution in [0.5, 0.6) is 0 Å². The second-order valence-corrected chi connectivity index (χ2v) is 4.10. The number of nitrogens with two attached hydrogens (primary N) is 1. The molecule has 18 heavy (non-hydrogen) atoms. The van der Waals surface area contributed by atoms with E-state index in [2.05, 4.69) is 25.9 Å². The van der Waals surface area contributed by atoms with Crippen LogP contribution in [-0.2, 0) is 19.6 Å². The van der Waals surface area contributed by atoms with E-state index in [9.17, 15) is 0 Å². The molecule has 6 heteroatoms. The molecular weight excluding hydrogens is 228 g/mol. The molecule has 0 aliphatic heterocycles. The van der Waals surface area contributed by atoms with Crippen molar-refractivity contribution >= 4 is 11.0 Å². The van der Waals surface area contributed by atoms with Crippen LogP contribution in [0.1, 0.15) is 5.69 Å². The number of imidazole rings is 1. The summed E-state index contributed by atoms with van der Waals surface area (Å²) in [5.74, 6) is 0. The zero-order chi connectivity index (χ0) is 12.4. The topological polar surface area (TPSA) is 74.5 Å². The van der Waals surface area contributed by atoms with Crippen LogP contribution < -0.4 is 5.73 Å². The summed E-state index contributed by atoms with van der Waals surface area (Å²) in [7, 11) is 0. The third-order valence-corrected chi connectivity index (χ3v) is 2.89. The fourth-order valence-corrected chi connectivity index (χ4v) is 1.94. The Morgan fingerprint density at radius 1 is 1.17 bits per heavy atom. The van der Waals surface area contributed by atoms with Crippen molar-refractivity contribution in [1.29, 1.82) is 0 Å². The van der Waals surface area contributed by atoms with Crippen molar-refractivity contribution in [2.75, 3.05) is 0 Å². The molecule has 2 heterocycles. The van der Waals surface area contributed by atoms with Crippen molar-refractivity contribution in [3.63, 3.8) is 0 Å². The maximum atomic E-state index is 5.50. The van der Waals surface area contributed by atoms with Gasteiger partial charge in [-0.3, -0.25) is 4.68 Å². The van der Waals surface area contributed by atoms with Gasteiger partial charge < -0.3 is 10.3 Å². The van der Waals surface area contributed by atoms with Gasteiger partial charge in [-0.05, 0) is 12.1 Å². The summed E-state index contributed by atoms with van der Waals surface area (Å²) in [5, 5.41) is 7.98. The lowest BCUT2D eigenvalue weighted by atomic mass is 10.3. The summed E-state index contributed by atoms with van der Waals surface area (Å²) in [5.41, 5.74) is 8.46. The minimum Gasteiger partial charge on any atom is -0.329 e. The van der Waals surface area contributed by atoms with Crippen LogP contribution in [0.2, 0.25) is 0 Å². The first-order valence-corrected chi connectivity index (χ1v) is 5.86. The second kappa shape index (κ2) is 4.58. The SMILES string of the molecule is NCc1cn(CCn2cnc3ccccc32)nn1. The number of benzene rings is 1. The molecule has 0 saturated carbocycles. The molecule has 3 aromatic rings. The molecular formula is C12H14N6. The smallest absolute Gasteiger partial charge is 0.0962 e. The van der Waals surface area contributed by atoms with Crippen LogP contribution in [0, 0.1) is 0 Å². The van der Waals surface area contributed by atoms with Gasteiger partial charge in [-0.2, -0.15) is 0 Å². The van der Waals surface area contributed by atoms with Gasteiger partial charge >= 0.3 is 0 Å². The molecule has 3 rings (SSSR count). The van der Waals surface area contributed by atoms with Gasteiger partial charge in [-0.25, -0.2) is 4.98 Å². The lowest BCUT2D eigenvalue weighted by molar-refractivity contribution is 0.526. The monoisotopic (exact) mass is 242 g/mol. The normalized spacial score (nSPS) is 11.2. The van der Waals surface area contributed by atoms with Crippen molar-refractivity contribution in [2.24, 2.45) is 5.73 Å². The molecule has 0 aliphatic carbocycles. The molecule has 0 fully saturated rings. The first-order valence-electron chi connectivity index (χ1n) is 5.86. The summed E-state index contributed by atoms with van der Waals surface area (Å²) in [6.07, 6.45) is 3.73. The Kier molecular flexibility index (Phi) is 2.77. The van der Waals surface area contributed by atoms with E-state index < -0.39 is 0 Å². The lowest BCUT2D eigenvalue weighted by Gasteiger charge is -2.03. The van der Waals surface area contributed by atoms with E-state index in [0.29, 0.717) is 6.54 Å². The average molecular weight is 242 g/mol.